The Morgan fingerprint density at radius 1 is 1.06 bits per heavy atom. The number of hydrogen-bond acceptors (Lipinski definition) is 4. The lowest BCUT2D eigenvalue weighted by atomic mass is 10.1. The van der Waals surface area contributed by atoms with E-state index >= 15 is 0 Å². The number of hydrogen-bond donors (Lipinski definition) is 1. The molecule has 2 aromatic carbocycles. The van der Waals surface area contributed by atoms with Crippen LogP contribution in [-0.2, 0) is 22.7 Å². The third-order valence-electron chi connectivity index (χ3n) is 5.48. The van der Waals surface area contributed by atoms with Crippen LogP contribution in [0, 0.1) is 5.82 Å². The van der Waals surface area contributed by atoms with Crippen molar-refractivity contribution in [3.05, 3.63) is 65.5 Å². The van der Waals surface area contributed by atoms with Crippen LogP contribution in [0.5, 0.6) is 5.75 Å². The molecule has 1 saturated heterocycles. The monoisotopic (exact) mass is 498 g/mol. The van der Waals surface area contributed by atoms with Gasteiger partial charge in [0.2, 0.25) is 5.91 Å². The Hall–Kier alpha value is -3.14. The third kappa shape index (κ3) is 9.94. The van der Waals surface area contributed by atoms with Crippen LogP contribution < -0.4 is 4.74 Å². The molecule has 3 rings (SSSR count). The number of carbonyl (C=O) groups excluding carboxylic acids is 1. The second-order valence-corrected chi connectivity index (χ2v) is 8.15. The quantitative estimate of drug-likeness (QED) is 0.500. The number of benzene rings is 2. The van der Waals surface area contributed by atoms with Crippen molar-refractivity contribution >= 4 is 11.9 Å². The number of likely N-dealkylation sites (tertiary alicyclic amines) is 1. The molecule has 0 radical (unpaired) electrons. The SMILES string of the molecule is COc1ccccc1CN(Cc1cccc(F)c1)C(=O)CCCN1CCCC1.O=C(O)C(F)(F)F. The molecule has 0 atom stereocenters. The molecule has 0 aromatic heterocycles. The van der Waals surface area contributed by atoms with Crippen molar-refractivity contribution in [3.63, 3.8) is 0 Å². The smallest absolute Gasteiger partial charge is 0.490 e. The van der Waals surface area contributed by atoms with Crippen molar-refractivity contribution in [2.45, 2.75) is 44.9 Å². The van der Waals surface area contributed by atoms with Crippen molar-refractivity contribution in [1.29, 1.82) is 0 Å². The Labute approximate surface area is 202 Å². The fraction of sp³-hybridized carbons (Fsp3) is 0.440. The molecule has 1 amide bonds. The summed E-state index contributed by atoms with van der Waals surface area (Å²) in [5, 5.41) is 7.12. The van der Waals surface area contributed by atoms with Gasteiger partial charge in [-0.2, -0.15) is 13.2 Å². The van der Waals surface area contributed by atoms with Crippen LogP contribution in [0.4, 0.5) is 17.6 Å². The Kier molecular flexibility index (Phi) is 11.0. The second-order valence-electron chi connectivity index (χ2n) is 8.15. The minimum Gasteiger partial charge on any atom is -0.496 e. The molecular formula is C25H30F4N2O4. The van der Waals surface area contributed by atoms with Crippen LogP contribution in [0.3, 0.4) is 0 Å². The zero-order valence-electron chi connectivity index (χ0n) is 19.6. The molecule has 0 unspecified atom stereocenters. The number of carboxylic acid groups (broad SMARTS) is 1. The Morgan fingerprint density at radius 2 is 1.71 bits per heavy atom. The number of alkyl halides is 3. The summed E-state index contributed by atoms with van der Waals surface area (Å²) in [6.45, 7) is 4.08. The van der Waals surface area contributed by atoms with Crippen LogP contribution in [0.25, 0.3) is 0 Å². The zero-order valence-corrected chi connectivity index (χ0v) is 19.6. The fourth-order valence-corrected chi connectivity index (χ4v) is 3.75. The van der Waals surface area contributed by atoms with Gasteiger partial charge in [0.15, 0.2) is 0 Å². The Bertz CT molecular complexity index is 962. The van der Waals surface area contributed by atoms with Crippen molar-refractivity contribution in [2.24, 2.45) is 0 Å². The van der Waals surface area contributed by atoms with Crippen LogP contribution in [0.2, 0.25) is 0 Å². The largest absolute Gasteiger partial charge is 0.496 e. The van der Waals surface area contributed by atoms with Crippen molar-refractivity contribution < 1.29 is 37.0 Å². The number of methoxy groups -OCH3 is 1. The summed E-state index contributed by atoms with van der Waals surface area (Å²) >= 11 is 0. The number of nitrogens with zero attached hydrogens (tertiary/aromatic N) is 2. The first-order valence-corrected chi connectivity index (χ1v) is 11.3. The van der Waals surface area contributed by atoms with Gasteiger partial charge in [0.05, 0.1) is 7.11 Å². The highest BCUT2D eigenvalue weighted by atomic mass is 19.4. The summed E-state index contributed by atoms with van der Waals surface area (Å²) in [6, 6.07) is 14.2. The molecule has 0 aliphatic carbocycles. The van der Waals surface area contributed by atoms with Gasteiger partial charge in [-0.3, -0.25) is 4.79 Å². The molecule has 192 valence electrons. The molecule has 0 saturated carbocycles. The first-order chi connectivity index (χ1) is 16.6. The lowest BCUT2D eigenvalue weighted by Gasteiger charge is -2.24. The second kappa shape index (κ2) is 13.7. The molecular weight excluding hydrogens is 468 g/mol. The minimum atomic E-state index is -5.08. The maximum Gasteiger partial charge on any atom is 0.490 e. The molecule has 1 aliphatic heterocycles. The molecule has 1 heterocycles. The van der Waals surface area contributed by atoms with Crippen molar-refractivity contribution in [2.75, 3.05) is 26.7 Å². The number of ether oxygens (including phenoxy) is 1. The minimum absolute atomic E-state index is 0.0920. The van der Waals surface area contributed by atoms with Crippen LogP contribution in [-0.4, -0.2) is 59.7 Å². The first kappa shape index (κ1) is 28.1. The van der Waals surface area contributed by atoms with Gasteiger partial charge in [0.1, 0.15) is 11.6 Å². The standard InChI is InChI=1S/C23H29FN2O2.C2HF3O2/c1-28-22-11-3-2-9-20(22)18-26(17-19-8-6-10-21(24)16-19)23(27)12-7-15-25-13-4-5-14-25;3-2(4,5)1(6)7/h2-3,6,8-11,16H,4-5,7,12-15,17-18H2,1H3;(H,6,7). The first-order valence-electron chi connectivity index (χ1n) is 11.3. The summed E-state index contributed by atoms with van der Waals surface area (Å²) in [7, 11) is 1.63. The average Bonchev–Trinajstić information content (AvgIpc) is 3.32. The van der Waals surface area contributed by atoms with E-state index in [1.165, 1.54) is 25.0 Å². The van der Waals surface area contributed by atoms with Gasteiger partial charge < -0.3 is 19.6 Å². The predicted molar refractivity (Wildman–Crippen MR) is 122 cm³/mol. The van der Waals surface area contributed by atoms with E-state index in [1.807, 2.05) is 30.3 Å². The number of rotatable bonds is 9. The van der Waals surface area contributed by atoms with Gasteiger partial charge in [-0.15, -0.1) is 0 Å². The fourth-order valence-electron chi connectivity index (χ4n) is 3.75. The molecule has 1 N–H and O–H groups in total. The van der Waals surface area contributed by atoms with E-state index in [-0.39, 0.29) is 11.7 Å². The van der Waals surface area contributed by atoms with Crippen molar-refractivity contribution in [1.82, 2.24) is 9.80 Å². The molecule has 0 spiro atoms. The number of halogens is 4. The van der Waals surface area contributed by atoms with E-state index in [2.05, 4.69) is 4.90 Å². The van der Waals surface area contributed by atoms with E-state index in [0.29, 0.717) is 19.5 Å². The number of carbonyl (C=O) groups is 2. The number of amides is 1. The maximum atomic E-state index is 13.6. The van der Waals surface area contributed by atoms with Crippen LogP contribution >= 0.6 is 0 Å². The highest BCUT2D eigenvalue weighted by Crippen LogP contribution is 2.21. The highest BCUT2D eigenvalue weighted by Gasteiger charge is 2.38. The zero-order chi connectivity index (χ0) is 25.8. The van der Waals surface area contributed by atoms with E-state index < -0.39 is 12.1 Å². The van der Waals surface area contributed by atoms with Crippen molar-refractivity contribution in [3.8, 4) is 5.75 Å². The molecule has 2 aromatic rings. The molecule has 1 fully saturated rings. The summed E-state index contributed by atoms with van der Waals surface area (Å²) < 4.78 is 50.8. The summed E-state index contributed by atoms with van der Waals surface area (Å²) in [5.41, 5.74) is 1.75. The Balaban J connectivity index is 0.000000540. The summed E-state index contributed by atoms with van der Waals surface area (Å²) in [4.78, 5) is 26.1. The molecule has 6 nitrogen and oxygen atoms in total. The number of carboxylic acids is 1. The topological polar surface area (TPSA) is 70.1 Å². The maximum absolute atomic E-state index is 13.6. The number of aliphatic carboxylic acids is 1. The van der Waals surface area contributed by atoms with E-state index in [9.17, 15) is 22.4 Å². The van der Waals surface area contributed by atoms with Gasteiger partial charge in [0, 0.05) is 25.1 Å². The van der Waals surface area contributed by atoms with Crippen LogP contribution in [0.15, 0.2) is 48.5 Å². The molecule has 35 heavy (non-hydrogen) atoms. The van der Waals surface area contributed by atoms with Gasteiger partial charge >= 0.3 is 12.1 Å². The molecule has 10 heteroatoms. The van der Waals surface area contributed by atoms with E-state index in [1.54, 1.807) is 18.1 Å². The third-order valence-corrected chi connectivity index (χ3v) is 5.48. The van der Waals surface area contributed by atoms with Gasteiger partial charge in [-0.25, -0.2) is 9.18 Å². The lowest BCUT2D eigenvalue weighted by molar-refractivity contribution is -0.192. The lowest BCUT2D eigenvalue weighted by Crippen LogP contribution is -2.31. The van der Waals surface area contributed by atoms with E-state index in [0.717, 1.165) is 42.9 Å². The van der Waals surface area contributed by atoms with Gasteiger partial charge in [-0.05, 0) is 62.7 Å². The molecule has 0 bridgehead atoms. The Morgan fingerprint density at radius 3 is 2.31 bits per heavy atom. The predicted octanol–water partition coefficient (Wildman–Crippen LogP) is 4.87. The van der Waals surface area contributed by atoms with Crippen LogP contribution in [0.1, 0.15) is 36.8 Å². The van der Waals surface area contributed by atoms with E-state index in [4.69, 9.17) is 14.6 Å². The van der Waals surface area contributed by atoms with Gasteiger partial charge in [0.25, 0.3) is 0 Å². The highest BCUT2D eigenvalue weighted by molar-refractivity contribution is 5.76. The summed E-state index contributed by atoms with van der Waals surface area (Å²) in [5.74, 6) is -2.19. The van der Waals surface area contributed by atoms with Gasteiger partial charge in [-0.1, -0.05) is 30.3 Å². The molecule has 1 aliphatic rings. The average molecular weight is 499 g/mol. The normalized spacial score (nSPS) is 13.6. The summed E-state index contributed by atoms with van der Waals surface area (Å²) in [6.07, 6.45) is -1.22. The number of para-hydroxylation sites is 1.